The highest BCUT2D eigenvalue weighted by atomic mass is 32.1. The fraction of sp³-hybridized carbons (Fsp3) is 0.684. The number of rotatable bonds is 7. The maximum absolute atomic E-state index is 12.5. The number of carbonyl (C=O) groups excluding carboxylic acids is 2. The van der Waals surface area contributed by atoms with Crippen LogP contribution in [0.1, 0.15) is 11.8 Å². The van der Waals surface area contributed by atoms with Crippen LogP contribution in [0, 0.1) is 0 Å². The topological polar surface area (TPSA) is 65.1 Å². The zero-order chi connectivity index (χ0) is 19.1. The molecule has 27 heavy (non-hydrogen) atoms. The average molecular weight is 395 g/mol. The quantitative estimate of drug-likeness (QED) is 0.719. The summed E-state index contributed by atoms with van der Waals surface area (Å²) in [6, 6.07) is 3.96. The molecule has 2 aliphatic rings. The first-order valence-corrected chi connectivity index (χ1v) is 10.6. The highest BCUT2D eigenvalue weighted by molar-refractivity contribution is 7.09. The van der Waals surface area contributed by atoms with Crippen molar-refractivity contribution < 1.29 is 14.3 Å². The van der Waals surface area contributed by atoms with E-state index in [9.17, 15) is 9.59 Å². The predicted molar refractivity (Wildman–Crippen MR) is 106 cm³/mol. The van der Waals surface area contributed by atoms with Crippen molar-refractivity contribution in [2.45, 2.75) is 19.4 Å². The lowest BCUT2D eigenvalue weighted by molar-refractivity contribution is -0.136. The van der Waals surface area contributed by atoms with Gasteiger partial charge in [-0.3, -0.25) is 19.4 Å². The number of ether oxygens (including phenoxy) is 1. The number of nitrogens with one attached hydrogen (secondary N) is 1. The summed E-state index contributed by atoms with van der Waals surface area (Å²) in [6.07, 6.45) is 0.875. The van der Waals surface area contributed by atoms with Crippen LogP contribution in [-0.2, 0) is 20.7 Å². The van der Waals surface area contributed by atoms with Crippen LogP contribution in [0.5, 0.6) is 0 Å². The summed E-state index contributed by atoms with van der Waals surface area (Å²) in [4.78, 5) is 32.4. The van der Waals surface area contributed by atoms with E-state index in [2.05, 4.69) is 26.6 Å². The molecule has 1 atom stereocenters. The molecule has 8 heteroatoms. The summed E-state index contributed by atoms with van der Waals surface area (Å²) in [5.74, 6) is 0.254. The van der Waals surface area contributed by atoms with Crippen LogP contribution in [0.15, 0.2) is 17.5 Å². The first-order chi connectivity index (χ1) is 13.1. The number of piperazine rings is 1. The second-order valence-electron chi connectivity index (χ2n) is 7.10. The number of carbonyl (C=O) groups is 2. The van der Waals surface area contributed by atoms with E-state index < -0.39 is 0 Å². The van der Waals surface area contributed by atoms with Crippen molar-refractivity contribution >= 4 is 23.2 Å². The Morgan fingerprint density at radius 1 is 1.19 bits per heavy atom. The predicted octanol–water partition coefficient (Wildman–Crippen LogP) is 0.272. The van der Waals surface area contributed by atoms with Crippen molar-refractivity contribution in [3.05, 3.63) is 22.4 Å². The van der Waals surface area contributed by atoms with E-state index in [4.69, 9.17) is 4.74 Å². The first kappa shape index (κ1) is 20.3. The SMILES string of the molecule is CC(C(=O)NCCc1cccs1)N1CCN(C(=O)CN2CCOCC2)CC1. The Balaban J connectivity index is 1.35. The van der Waals surface area contributed by atoms with Crippen LogP contribution in [-0.4, -0.2) is 98.1 Å². The fourth-order valence-corrected chi connectivity index (χ4v) is 4.20. The van der Waals surface area contributed by atoms with E-state index in [1.165, 1.54) is 4.88 Å². The van der Waals surface area contributed by atoms with E-state index >= 15 is 0 Å². The molecule has 3 heterocycles. The molecular weight excluding hydrogens is 364 g/mol. The number of morpholine rings is 1. The Morgan fingerprint density at radius 2 is 1.93 bits per heavy atom. The van der Waals surface area contributed by atoms with Crippen molar-refractivity contribution in [2.24, 2.45) is 0 Å². The van der Waals surface area contributed by atoms with Crippen LogP contribution < -0.4 is 5.32 Å². The molecule has 1 N–H and O–H groups in total. The molecule has 2 aliphatic heterocycles. The van der Waals surface area contributed by atoms with Gasteiger partial charge in [0.05, 0.1) is 25.8 Å². The Kier molecular flexibility index (Phi) is 7.63. The van der Waals surface area contributed by atoms with Gasteiger partial charge in [0.15, 0.2) is 0 Å². The zero-order valence-electron chi connectivity index (χ0n) is 16.1. The number of hydrogen-bond donors (Lipinski definition) is 1. The van der Waals surface area contributed by atoms with Gasteiger partial charge < -0.3 is 15.0 Å². The van der Waals surface area contributed by atoms with Gasteiger partial charge in [-0.25, -0.2) is 0 Å². The average Bonchev–Trinajstić information content (AvgIpc) is 3.21. The summed E-state index contributed by atoms with van der Waals surface area (Å²) in [5.41, 5.74) is 0. The van der Waals surface area contributed by atoms with Gasteiger partial charge in [-0.2, -0.15) is 0 Å². The third kappa shape index (κ3) is 6.00. The maximum Gasteiger partial charge on any atom is 0.237 e. The molecule has 7 nitrogen and oxygen atoms in total. The van der Waals surface area contributed by atoms with Gasteiger partial charge in [0.25, 0.3) is 0 Å². The van der Waals surface area contributed by atoms with Crippen LogP contribution in [0.25, 0.3) is 0 Å². The van der Waals surface area contributed by atoms with E-state index in [0.717, 1.165) is 32.6 Å². The molecule has 2 saturated heterocycles. The molecule has 0 spiro atoms. The summed E-state index contributed by atoms with van der Waals surface area (Å²) >= 11 is 1.72. The van der Waals surface area contributed by atoms with E-state index in [1.54, 1.807) is 11.3 Å². The largest absolute Gasteiger partial charge is 0.379 e. The summed E-state index contributed by atoms with van der Waals surface area (Å²) < 4.78 is 5.33. The van der Waals surface area contributed by atoms with Crippen molar-refractivity contribution in [1.82, 2.24) is 20.0 Å². The van der Waals surface area contributed by atoms with Gasteiger partial charge in [0.2, 0.25) is 11.8 Å². The third-order valence-electron chi connectivity index (χ3n) is 5.31. The molecule has 0 radical (unpaired) electrons. The highest BCUT2D eigenvalue weighted by Gasteiger charge is 2.28. The van der Waals surface area contributed by atoms with Crippen LogP contribution >= 0.6 is 11.3 Å². The van der Waals surface area contributed by atoms with Crippen LogP contribution in [0.3, 0.4) is 0 Å². The van der Waals surface area contributed by atoms with Gasteiger partial charge in [-0.05, 0) is 24.8 Å². The van der Waals surface area contributed by atoms with Gasteiger partial charge in [-0.1, -0.05) is 6.07 Å². The Morgan fingerprint density at radius 3 is 2.59 bits per heavy atom. The molecule has 1 unspecified atom stereocenters. The van der Waals surface area contributed by atoms with Crippen molar-refractivity contribution in [3.8, 4) is 0 Å². The normalized spacial score (nSPS) is 20.4. The molecule has 2 fully saturated rings. The monoisotopic (exact) mass is 394 g/mol. The fourth-order valence-electron chi connectivity index (χ4n) is 3.49. The van der Waals surface area contributed by atoms with E-state index in [-0.39, 0.29) is 17.9 Å². The molecule has 3 rings (SSSR count). The second kappa shape index (κ2) is 10.2. The standard InChI is InChI=1S/C19H30N4O3S/c1-16(19(25)20-5-4-17-3-2-14-27-17)22-6-8-23(9-7-22)18(24)15-21-10-12-26-13-11-21/h2-3,14,16H,4-13,15H2,1H3,(H,20,25). The zero-order valence-corrected chi connectivity index (χ0v) is 16.9. The van der Waals surface area contributed by atoms with Crippen LogP contribution in [0.2, 0.25) is 0 Å². The Bertz CT molecular complexity index is 596. The minimum atomic E-state index is -0.162. The molecule has 2 amide bonds. The molecular formula is C19H30N4O3S. The van der Waals surface area contributed by atoms with E-state index in [1.807, 2.05) is 17.9 Å². The molecule has 150 valence electrons. The summed E-state index contributed by atoms with van der Waals surface area (Å²) in [6.45, 7) is 9.04. The van der Waals surface area contributed by atoms with E-state index in [0.29, 0.717) is 39.4 Å². The number of nitrogens with zero attached hydrogens (tertiary/aromatic N) is 3. The molecule has 0 bridgehead atoms. The summed E-state index contributed by atoms with van der Waals surface area (Å²) in [7, 11) is 0. The number of hydrogen-bond acceptors (Lipinski definition) is 6. The molecule has 1 aromatic heterocycles. The lowest BCUT2D eigenvalue weighted by Crippen LogP contribution is -2.56. The van der Waals surface area contributed by atoms with Gasteiger partial charge in [-0.15, -0.1) is 11.3 Å². The molecule has 1 aromatic rings. The Labute approximate surface area is 165 Å². The molecule has 0 aliphatic carbocycles. The van der Waals surface area contributed by atoms with Crippen LogP contribution in [0.4, 0.5) is 0 Å². The highest BCUT2D eigenvalue weighted by Crippen LogP contribution is 2.10. The molecule has 0 aromatic carbocycles. The number of thiophene rings is 1. The van der Waals surface area contributed by atoms with Crippen molar-refractivity contribution in [2.75, 3.05) is 65.6 Å². The number of amides is 2. The lowest BCUT2D eigenvalue weighted by Gasteiger charge is -2.38. The van der Waals surface area contributed by atoms with Crippen molar-refractivity contribution in [1.29, 1.82) is 0 Å². The summed E-state index contributed by atoms with van der Waals surface area (Å²) in [5, 5.41) is 5.09. The minimum Gasteiger partial charge on any atom is -0.379 e. The van der Waals surface area contributed by atoms with Gasteiger partial charge in [0.1, 0.15) is 0 Å². The second-order valence-corrected chi connectivity index (χ2v) is 8.13. The van der Waals surface area contributed by atoms with Gasteiger partial charge in [0, 0.05) is 50.7 Å². The minimum absolute atomic E-state index is 0.0691. The lowest BCUT2D eigenvalue weighted by atomic mass is 10.2. The van der Waals surface area contributed by atoms with Gasteiger partial charge >= 0.3 is 0 Å². The third-order valence-corrected chi connectivity index (χ3v) is 6.24. The Hall–Kier alpha value is -1.48. The maximum atomic E-state index is 12.5. The first-order valence-electron chi connectivity index (χ1n) is 9.75. The van der Waals surface area contributed by atoms with Crippen molar-refractivity contribution in [3.63, 3.8) is 0 Å². The smallest absolute Gasteiger partial charge is 0.237 e. The molecule has 0 saturated carbocycles.